The molecule has 1 atom stereocenters. The van der Waals surface area contributed by atoms with Crippen LogP contribution < -0.4 is 5.73 Å². The molecule has 1 aromatic carbocycles. The first-order valence-corrected chi connectivity index (χ1v) is 6.53. The van der Waals surface area contributed by atoms with Gasteiger partial charge in [-0.2, -0.15) is 0 Å². The van der Waals surface area contributed by atoms with Crippen molar-refractivity contribution in [3.05, 3.63) is 23.8 Å². The maximum absolute atomic E-state index is 10.2. The molecule has 16 heavy (non-hydrogen) atoms. The molecule has 0 radical (unpaired) electrons. The summed E-state index contributed by atoms with van der Waals surface area (Å²) in [6.07, 6.45) is 0. The van der Waals surface area contributed by atoms with Crippen molar-refractivity contribution in [3.8, 4) is 0 Å². The molecule has 0 aromatic heterocycles. The van der Waals surface area contributed by atoms with Crippen LogP contribution in [0.4, 0.5) is 5.69 Å². The summed E-state index contributed by atoms with van der Waals surface area (Å²) in [5.41, 5.74) is 7.03. The van der Waals surface area contributed by atoms with Crippen LogP contribution >= 0.6 is 11.8 Å². The quantitative estimate of drug-likeness (QED) is 0.627. The molecule has 90 valence electrons. The molecule has 1 rings (SSSR count). The van der Waals surface area contributed by atoms with Gasteiger partial charge >= 0.3 is 0 Å². The van der Waals surface area contributed by atoms with Crippen LogP contribution in [0.25, 0.3) is 0 Å². The van der Waals surface area contributed by atoms with Gasteiger partial charge in [0, 0.05) is 16.3 Å². The van der Waals surface area contributed by atoms with Gasteiger partial charge in [-0.15, -0.1) is 11.8 Å². The van der Waals surface area contributed by atoms with E-state index in [9.17, 15) is 5.11 Å². The van der Waals surface area contributed by atoms with E-state index in [0.717, 1.165) is 5.69 Å². The van der Waals surface area contributed by atoms with E-state index in [2.05, 4.69) is 0 Å². The van der Waals surface area contributed by atoms with Crippen LogP contribution in [0.2, 0.25) is 0 Å². The van der Waals surface area contributed by atoms with Crippen molar-refractivity contribution in [1.29, 1.82) is 0 Å². The van der Waals surface area contributed by atoms with E-state index in [1.165, 1.54) is 10.5 Å². The lowest BCUT2D eigenvalue weighted by molar-refractivity contribution is 0.0376. The van der Waals surface area contributed by atoms with E-state index in [4.69, 9.17) is 5.73 Å². The lowest BCUT2D eigenvalue weighted by Gasteiger charge is -2.27. The second-order valence-corrected chi connectivity index (χ2v) is 5.84. The summed E-state index contributed by atoms with van der Waals surface area (Å²) < 4.78 is 0. The molecule has 2 nitrogen and oxygen atoms in total. The molecule has 0 aliphatic carbocycles. The Morgan fingerprint density at radius 1 is 1.44 bits per heavy atom. The number of anilines is 1. The number of aryl methyl sites for hydroxylation is 1. The van der Waals surface area contributed by atoms with Crippen LogP contribution in [0.15, 0.2) is 23.1 Å². The lowest BCUT2D eigenvalue weighted by atomic mass is 9.95. The van der Waals surface area contributed by atoms with Crippen LogP contribution in [-0.4, -0.2) is 16.5 Å². The van der Waals surface area contributed by atoms with Gasteiger partial charge in [-0.05, 0) is 43.5 Å². The van der Waals surface area contributed by atoms with E-state index in [-0.39, 0.29) is 5.92 Å². The zero-order chi connectivity index (χ0) is 12.3. The summed E-state index contributed by atoms with van der Waals surface area (Å²) >= 11 is 1.69. The van der Waals surface area contributed by atoms with Crippen molar-refractivity contribution < 1.29 is 5.11 Å². The van der Waals surface area contributed by atoms with Gasteiger partial charge in [0.05, 0.1) is 5.60 Å². The normalized spacial score (nSPS) is 15.1. The Morgan fingerprint density at radius 3 is 2.56 bits per heavy atom. The van der Waals surface area contributed by atoms with E-state index in [1.807, 2.05) is 45.9 Å². The summed E-state index contributed by atoms with van der Waals surface area (Å²) in [6.45, 7) is 8.01. The average Bonchev–Trinajstić information content (AvgIpc) is 2.16. The first-order valence-electron chi connectivity index (χ1n) is 5.54. The molecule has 1 unspecified atom stereocenters. The molecular formula is C13H21NOS. The first kappa shape index (κ1) is 13.4. The highest BCUT2D eigenvalue weighted by molar-refractivity contribution is 7.99. The minimum absolute atomic E-state index is 0.258. The number of thioether (sulfide) groups is 1. The highest BCUT2D eigenvalue weighted by Gasteiger charge is 2.24. The highest BCUT2D eigenvalue weighted by Crippen LogP contribution is 2.29. The van der Waals surface area contributed by atoms with Gasteiger partial charge in [0.1, 0.15) is 0 Å². The molecule has 1 aromatic rings. The average molecular weight is 239 g/mol. The maximum Gasteiger partial charge on any atom is 0.0736 e. The molecule has 0 saturated heterocycles. The molecule has 0 bridgehead atoms. The first-order chi connectivity index (χ1) is 7.33. The summed E-state index contributed by atoms with van der Waals surface area (Å²) in [5, 5.41) is 10.2. The molecule has 3 N–H and O–H groups in total. The zero-order valence-electron chi connectivity index (χ0n) is 10.4. The fraction of sp³-hybridized carbons (Fsp3) is 0.538. The Kier molecular flexibility index (Phi) is 4.28. The van der Waals surface area contributed by atoms with Crippen molar-refractivity contribution in [1.82, 2.24) is 0 Å². The minimum atomic E-state index is -0.626. The number of nitrogens with two attached hydrogens (primary N) is 1. The molecule has 0 amide bonds. The molecule has 0 fully saturated rings. The fourth-order valence-corrected chi connectivity index (χ4v) is 2.46. The number of rotatable bonds is 4. The smallest absolute Gasteiger partial charge is 0.0736 e. The third kappa shape index (κ3) is 3.42. The summed E-state index contributed by atoms with van der Waals surface area (Å²) in [7, 11) is 0. The van der Waals surface area contributed by atoms with Crippen LogP contribution in [0, 0.1) is 12.8 Å². The van der Waals surface area contributed by atoms with Gasteiger partial charge < -0.3 is 10.8 Å². The van der Waals surface area contributed by atoms with Crippen molar-refractivity contribution >= 4 is 17.4 Å². The van der Waals surface area contributed by atoms with Crippen LogP contribution in [0.3, 0.4) is 0 Å². The SMILES string of the molecule is Cc1cc(N)ccc1SCC(C)(O)C(C)C. The molecule has 0 heterocycles. The number of aliphatic hydroxyl groups is 1. The monoisotopic (exact) mass is 239 g/mol. The van der Waals surface area contributed by atoms with Crippen molar-refractivity contribution in [3.63, 3.8) is 0 Å². The molecule has 0 aliphatic heterocycles. The van der Waals surface area contributed by atoms with E-state index in [1.54, 1.807) is 11.8 Å². The van der Waals surface area contributed by atoms with E-state index >= 15 is 0 Å². The third-order valence-corrected chi connectivity index (χ3v) is 4.46. The molecular weight excluding hydrogens is 218 g/mol. The predicted molar refractivity (Wildman–Crippen MR) is 71.8 cm³/mol. The summed E-state index contributed by atoms with van der Waals surface area (Å²) in [5.74, 6) is 0.962. The van der Waals surface area contributed by atoms with Crippen LogP contribution in [-0.2, 0) is 0 Å². The van der Waals surface area contributed by atoms with Gasteiger partial charge in [-0.25, -0.2) is 0 Å². The van der Waals surface area contributed by atoms with Gasteiger partial charge in [-0.1, -0.05) is 13.8 Å². The Hall–Kier alpha value is -0.670. The summed E-state index contributed by atoms with van der Waals surface area (Å²) in [6, 6.07) is 5.89. The Bertz CT molecular complexity index is 361. The van der Waals surface area contributed by atoms with Gasteiger partial charge in [0.15, 0.2) is 0 Å². The fourth-order valence-electron chi connectivity index (χ4n) is 1.23. The minimum Gasteiger partial charge on any atom is -0.399 e. The topological polar surface area (TPSA) is 46.2 Å². The van der Waals surface area contributed by atoms with Crippen molar-refractivity contribution in [2.24, 2.45) is 5.92 Å². The highest BCUT2D eigenvalue weighted by atomic mass is 32.2. The molecule has 0 aliphatic rings. The second-order valence-electron chi connectivity index (χ2n) is 4.83. The van der Waals surface area contributed by atoms with Gasteiger partial charge in [0.25, 0.3) is 0 Å². The Morgan fingerprint density at radius 2 is 2.06 bits per heavy atom. The maximum atomic E-state index is 10.2. The third-order valence-electron chi connectivity index (χ3n) is 2.96. The zero-order valence-corrected chi connectivity index (χ0v) is 11.3. The largest absolute Gasteiger partial charge is 0.399 e. The van der Waals surface area contributed by atoms with Crippen LogP contribution in [0.1, 0.15) is 26.3 Å². The van der Waals surface area contributed by atoms with E-state index < -0.39 is 5.60 Å². The summed E-state index contributed by atoms with van der Waals surface area (Å²) in [4.78, 5) is 1.19. The predicted octanol–water partition coefficient (Wildman–Crippen LogP) is 3.08. The number of hydrogen-bond donors (Lipinski definition) is 2. The van der Waals surface area contributed by atoms with Crippen LogP contribution in [0.5, 0.6) is 0 Å². The Balaban J connectivity index is 2.68. The van der Waals surface area contributed by atoms with E-state index in [0.29, 0.717) is 5.75 Å². The van der Waals surface area contributed by atoms with Gasteiger partial charge in [0.2, 0.25) is 0 Å². The lowest BCUT2D eigenvalue weighted by Crippen LogP contribution is -2.33. The number of hydrogen-bond acceptors (Lipinski definition) is 3. The molecule has 0 spiro atoms. The number of benzene rings is 1. The number of nitrogen functional groups attached to an aromatic ring is 1. The molecule has 0 saturated carbocycles. The second kappa shape index (κ2) is 5.11. The molecule has 3 heteroatoms. The van der Waals surface area contributed by atoms with Crippen molar-refractivity contribution in [2.75, 3.05) is 11.5 Å². The Labute approximate surface area is 102 Å². The van der Waals surface area contributed by atoms with Crippen molar-refractivity contribution in [2.45, 2.75) is 38.2 Å². The standard InChI is InChI=1S/C13H21NOS/c1-9(2)13(4,15)8-16-12-6-5-11(14)7-10(12)3/h5-7,9,15H,8,14H2,1-4H3. The van der Waals surface area contributed by atoms with Gasteiger partial charge in [-0.3, -0.25) is 0 Å².